The van der Waals surface area contributed by atoms with Gasteiger partial charge in [0.05, 0.1) is 6.54 Å². The molecule has 5 nitrogen and oxygen atoms in total. The first kappa shape index (κ1) is 15.9. The lowest BCUT2D eigenvalue weighted by molar-refractivity contribution is -0.115. The summed E-state index contributed by atoms with van der Waals surface area (Å²) in [5.41, 5.74) is 2.34. The molecule has 0 atom stereocenters. The van der Waals surface area contributed by atoms with E-state index in [0.29, 0.717) is 5.56 Å². The van der Waals surface area contributed by atoms with E-state index in [1.54, 1.807) is 19.2 Å². The summed E-state index contributed by atoms with van der Waals surface area (Å²) < 4.78 is 0. The number of likely N-dealkylation sites (N-methyl/N-ethyl adjacent to an activating group) is 1. The van der Waals surface area contributed by atoms with Crippen molar-refractivity contribution in [3.8, 4) is 0 Å². The second kappa shape index (κ2) is 7.47. The molecule has 1 aliphatic rings. The van der Waals surface area contributed by atoms with E-state index in [9.17, 15) is 9.59 Å². The lowest BCUT2D eigenvalue weighted by Crippen LogP contribution is -2.37. The number of nitrogens with one attached hydrogen (secondary N) is 2. The van der Waals surface area contributed by atoms with Gasteiger partial charge in [-0.05, 0) is 37.7 Å². The highest BCUT2D eigenvalue weighted by atomic mass is 32.2. The quantitative estimate of drug-likeness (QED) is 0.881. The molecule has 0 spiro atoms. The van der Waals surface area contributed by atoms with Crippen molar-refractivity contribution in [1.29, 1.82) is 0 Å². The molecule has 0 bridgehead atoms. The van der Waals surface area contributed by atoms with E-state index >= 15 is 0 Å². The van der Waals surface area contributed by atoms with Crippen molar-refractivity contribution in [3.05, 3.63) is 29.3 Å². The first-order valence-corrected chi connectivity index (χ1v) is 8.19. The number of hydrogen-bond donors (Lipinski definition) is 2. The van der Waals surface area contributed by atoms with Gasteiger partial charge in [0.15, 0.2) is 0 Å². The predicted molar refractivity (Wildman–Crippen MR) is 87.0 cm³/mol. The molecule has 1 fully saturated rings. The van der Waals surface area contributed by atoms with Crippen LogP contribution in [0.4, 0.5) is 5.69 Å². The molecule has 2 N–H and O–H groups in total. The third-order valence-electron chi connectivity index (χ3n) is 3.38. The summed E-state index contributed by atoms with van der Waals surface area (Å²) in [5.74, 6) is 1.99. The molecule has 1 aliphatic heterocycles. The van der Waals surface area contributed by atoms with E-state index in [1.807, 2.05) is 29.7 Å². The molecule has 1 aromatic carbocycles. The summed E-state index contributed by atoms with van der Waals surface area (Å²) in [4.78, 5) is 25.9. The van der Waals surface area contributed by atoms with Gasteiger partial charge in [-0.2, -0.15) is 11.8 Å². The molecule has 1 heterocycles. The summed E-state index contributed by atoms with van der Waals surface area (Å²) in [6.07, 6.45) is 0. The topological polar surface area (TPSA) is 61.4 Å². The number of nitrogens with zero attached hydrogens (tertiary/aromatic N) is 1. The highest BCUT2D eigenvalue weighted by Gasteiger charge is 2.18. The van der Waals surface area contributed by atoms with Crippen molar-refractivity contribution in [3.63, 3.8) is 0 Å². The van der Waals surface area contributed by atoms with Crippen molar-refractivity contribution < 1.29 is 9.59 Å². The zero-order valence-electron chi connectivity index (χ0n) is 12.4. The van der Waals surface area contributed by atoms with Crippen LogP contribution in [0.2, 0.25) is 0 Å². The Morgan fingerprint density at radius 2 is 2.00 bits per heavy atom. The van der Waals surface area contributed by atoms with Gasteiger partial charge in [0.1, 0.15) is 0 Å². The Balaban J connectivity index is 2.07. The van der Waals surface area contributed by atoms with Crippen LogP contribution in [-0.4, -0.2) is 54.9 Å². The number of benzene rings is 1. The molecule has 0 aliphatic carbocycles. The van der Waals surface area contributed by atoms with E-state index in [0.717, 1.165) is 35.8 Å². The first-order valence-electron chi connectivity index (χ1n) is 7.04. The number of carbonyl (C=O) groups is 2. The third-order valence-corrected chi connectivity index (χ3v) is 4.33. The van der Waals surface area contributed by atoms with Gasteiger partial charge < -0.3 is 15.5 Å². The number of amides is 2. The molecule has 6 heteroatoms. The van der Waals surface area contributed by atoms with E-state index in [1.165, 1.54) is 0 Å². The van der Waals surface area contributed by atoms with Crippen LogP contribution in [0, 0.1) is 6.92 Å². The van der Waals surface area contributed by atoms with E-state index in [4.69, 9.17) is 0 Å². The smallest absolute Gasteiger partial charge is 0.253 e. The second-order valence-corrected chi connectivity index (χ2v) is 6.24. The largest absolute Gasteiger partial charge is 0.337 e. The van der Waals surface area contributed by atoms with Crippen molar-refractivity contribution >= 4 is 29.3 Å². The summed E-state index contributed by atoms with van der Waals surface area (Å²) in [5, 5.41) is 5.63. The Bertz CT molecular complexity index is 528. The van der Waals surface area contributed by atoms with Gasteiger partial charge in [-0.15, -0.1) is 0 Å². The van der Waals surface area contributed by atoms with Gasteiger partial charge >= 0.3 is 0 Å². The normalized spacial score (nSPS) is 14.9. The molecule has 114 valence electrons. The lowest BCUT2D eigenvalue weighted by Gasteiger charge is -2.26. The molecule has 0 unspecified atom stereocenters. The van der Waals surface area contributed by atoms with Crippen LogP contribution in [0.25, 0.3) is 0 Å². The zero-order valence-corrected chi connectivity index (χ0v) is 13.3. The maximum atomic E-state index is 12.4. The van der Waals surface area contributed by atoms with Crippen LogP contribution in [0.3, 0.4) is 0 Å². The number of carbonyl (C=O) groups excluding carboxylic acids is 2. The maximum Gasteiger partial charge on any atom is 0.253 e. The molecule has 1 saturated heterocycles. The van der Waals surface area contributed by atoms with E-state index in [2.05, 4.69) is 10.6 Å². The van der Waals surface area contributed by atoms with Gasteiger partial charge in [0.25, 0.3) is 5.91 Å². The average Bonchev–Trinajstić information content (AvgIpc) is 2.50. The summed E-state index contributed by atoms with van der Waals surface area (Å²) in [6.45, 7) is 3.79. The minimum Gasteiger partial charge on any atom is -0.337 e. The number of hydrogen-bond acceptors (Lipinski definition) is 4. The second-order valence-electron chi connectivity index (χ2n) is 5.01. The van der Waals surface area contributed by atoms with Crippen LogP contribution in [0.5, 0.6) is 0 Å². The van der Waals surface area contributed by atoms with Crippen molar-refractivity contribution in [1.82, 2.24) is 10.2 Å². The molecule has 21 heavy (non-hydrogen) atoms. The fraction of sp³-hybridized carbons (Fsp3) is 0.467. The number of anilines is 1. The van der Waals surface area contributed by atoms with Crippen molar-refractivity contribution in [2.75, 3.05) is 43.5 Å². The number of rotatable bonds is 4. The summed E-state index contributed by atoms with van der Waals surface area (Å²) >= 11 is 1.88. The van der Waals surface area contributed by atoms with Gasteiger partial charge in [0, 0.05) is 35.8 Å². The molecule has 0 radical (unpaired) electrons. The standard InChI is InChI=1S/C15H21N3O2S/c1-11-9-12(15(20)18-5-7-21-8-6-18)3-4-13(11)17-14(19)10-16-2/h3-4,9,16H,5-8,10H2,1-2H3,(H,17,19). The Labute approximate surface area is 129 Å². The Morgan fingerprint density at radius 3 is 2.62 bits per heavy atom. The average molecular weight is 307 g/mol. The van der Waals surface area contributed by atoms with Gasteiger partial charge in [-0.25, -0.2) is 0 Å². The fourth-order valence-corrected chi connectivity index (χ4v) is 3.14. The lowest BCUT2D eigenvalue weighted by atomic mass is 10.1. The SMILES string of the molecule is CNCC(=O)Nc1ccc(C(=O)N2CCSCC2)cc1C. The molecular weight excluding hydrogens is 286 g/mol. The van der Waals surface area contributed by atoms with E-state index < -0.39 is 0 Å². The number of thioether (sulfide) groups is 1. The highest BCUT2D eigenvalue weighted by molar-refractivity contribution is 7.99. The zero-order chi connectivity index (χ0) is 15.2. The fourth-order valence-electron chi connectivity index (χ4n) is 2.24. The minimum absolute atomic E-state index is 0.0755. The van der Waals surface area contributed by atoms with Crippen LogP contribution >= 0.6 is 11.8 Å². The molecular formula is C15H21N3O2S. The first-order chi connectivity index (χ1) is 10.1. The predicted octanol–water partition coefficient (Wildman–Crippen LogP) is 1.34. The van der Waals surface area contributed by atoms with Crippen LogP contribution in [0.1, 0.15) is 15.9 Å². The maximum absolute atomic E-state index is 12.4. The van der Waals surface area contributed by atoms with Crippen molar-refractivity contribution in [2.45, 2.75) is 6.92 Å². The highest BCUT2D eigenvalue weighted by Crippen LogP contribution is 2.19. The van der Waals surface area contributed by atoms with Crippen LogP contribution in [0.15, 0.2) is 18.2 Å². The van der Waals surface area contributed by atoms with Gasteiger partial charge in [-0.3, -0.25) is 9.59 Å². The van der Waals surface area contributed by atoms with Crippen molar-refractivity contribution in [2.24, 2.45) is 0 Å². The molecule has 0 aromatic heterocycles. The Kier molecular flexibility index (Phi) is 5.64. The van der Waals surface area contributed by atoms with Gasteiger partial charge in [0.2, 0.25) is 5.91 Å². The van der Waals surface area contributed by atoms with E-state index in [-0.39, 0.29) is 18.4 Å². The minimum atomic E-state index is -0.0901. The summed E-state index contributed by atoms with van der Waals surface area (Å²) in [7, 11) is 1.73. The van der Waals surface area contributed by atoms with Crippen LogP contribution in [-0.2, 0) is 4.79 Å². The molecule has 2 rings (SSSR count). The number of aryl methyl sites for hydroxylation is 1. The monoisotopic (exact) mass is 307 g/mol. The molecule has 1 aromatic rings. The molecule has 2 amide bonds. The van der Waals surface area contributed by atoms with Crippen LogP contribution < -0.4 is 10.6 Å². The molecule has 0 saturated carbocycles. The summed E-state index contributed by atoms with van der Waals surface area (Å²) in [6, 6.07) is 5.43. The Morgan fingerprint density at radius 1 is 1.29 bits per heavy atom. The Hall–Kier alpha value is -1.53. The third kappa shape index (κ3) is 4.22. The van der Waals surface area contributed by atoms with Gasteiger partial charge in [-0.1, -0.05) is 0 Å².